The largest absolute Gasteiger partial charge is 0.478 e. The van der Waals surface area contributed by atoms with Gasteiger partial charge in [0.25, 0.3) is 0 Å². The van der Waals surface area contributed by atoms with Crippen molar-refractivity contribution in [3.8, 4) is 5.88 Å². The topological polar surface area (TPSA) is 88.7 Å². The molecule has 0 unspecified atom stereocenters. The predicted molar refractivity (Wildman–Crippen MR) is 66.8 cm³/mol. The molecular weight excluding hydrogens is 234 g/mol. The number of rotatable bonds is 6. The number of carbonyl (C=O) groups is 1. The molecule has 1 fully saturated rings. The highest BCUT2D eigenvalue weighted by Gasteiger charge is 2.25. The summed E-state index contributed by atoms with van der Waals surface area (Å²) in [6, 6.07) is 2.04. The highest BCUT2D eigenvalue weighted by atomic mass is 16.5. The summed E-state index contributed by atoms with van der Waals surface area (Å²) in [4.78, 5) is 16.9. The van der Waals surface area contributed by atoms with E-state index in [1.165, 1.54) is 25.1 Å². The van der Waals surface area contributed by atoms with Gasteiger partial charge in [0.1, 0.15) is 6.61 Å². The SMILES string of the molecule is CN(CCOc1ncc(C(=O)O)cc1N)C1CC1. The Morgan fingerprint density at radius 3 is 2.94 bits per heavy atom. The van der Waals surface area contributed by atoms with Crippen LogP contribution in [0.5, 0.6) is 5.88 Å². The number of aromatic nitrogens is 1. The van der Waals surface area contributed by atoms with E-state index < -0.39 is 5.97 Å². The zero-order valence-electron chi connectivity index (χ0n) is 10.3. The number of ether oxygens (including phenoxy) is 1. The van der Waals surface area contributed by atoms with Crippen LogP contribution < -0.4 is 10.5 Å². The molecule has 6 heteroatoms. The van der Waals surface area contributed by atoms with Gasteiger partial charge >= 0.3 is 5.97 Å². The van der Waals surface area contributed by atoms with Gasteiger partial charge < -0.3 is 20.5 Å². The quantitative estimate of drug-likeness (QED) is 0.778. The van der Waals surface area contributed by atoms with Gasteiger partial charge in [-0.2, -0.15) is 0 Å². The number of carboxylic acid groups (broad SMARTS) is 1. The minimum Gasteiger partial charge on any atom is -0.478 e. The van der Waals surface area contributed by atoms with Gasteiger partial charge in [0.05, 0.1) is 11.3 Å². The van der Waals surface area contributed by atoms with Crippen LogP contribution in [-0.4, -0.2) is 47.2 Å². The van der Waals surface area contributed by atoms with E-state index in [0.717, 1.165) is 6.54 Å². The van der Waals surface area contributed by atoms with Crippen LogP contribution in [0, 0.1) is 0 Å². The number of hydrogen-bond acceptors (Lipinski definition) is 5. The predicted octanol–water partition coefficient (Wildman–Crippen LogP) is 0.835. The molecule has 1 aromatic heterocycles. The lowest BCUT2D eigenvalue weighted by atomic mass is 10.2. The van der Waals surface area contributed by atoms with Gasteiger partial charge in [-0.3, -0.25) is 0 Å². The van der Waals surface area contributed by atoms with Crippen molar-refractivity contribution < 1.29 is 14.6 Å². The Hall–Kier alpha value is -1.82. The molecule has 0 atom stereocenters. The highest BCUT2D eigenvalue weighted by Crippen LogP contribution is 2.25. The fraction of sp³-hybridized carbons (Fsp3) is 0.500. The van der Waals surface area contributed by atoms with Crippen molar-refractivity contribution in [2.24, 2.45) is 0 Å². The second kappa shape index (κ2) is 5.22. The molecule has 6 nitrogen and oxygen atoms in total. The molecule has 2 rings (SSSR count). The van der Waals surface area contributed by atoms with E-state index in [9.17, 15) is 4.79 Å². The van der Waals surface area contributed by atoms with Crippen molar-refractivity contribution in [3.63, 3.8) is 0 Å². The van der Waals surface area contributed by atoms with Crippen LogP contribution in [0.3, 0.4) is 0 Å². The number of pyridine rings is 1. The van der Waals surface area contributed by atoms with Crippen LogP contribution in [0.4, 0.5) is 5.69 Å². The molecule has 1 heterocycles. The Bertz CT molecular complexity index is 446. The van der Waals surface area contributed by atoms with Crippen LogP contribution in [0.25, 0.3) is 0 Å². The first-order chi connectivity index (χ1) is 8.58. The van der Waals surface area contributed by atoms with Crippen molar-refractivity contribution in [1.82, 2.24) is 9.88 Å². The Morgan fingerprint density at radius 2 is 2.39 bits per heavy atom. The Morgan fingerprint density at radius 1 is 1.67 bits per heavy atom. The third-order valence-corrected chi connectivity index (χ3v) is 2.98. The van der Waals surface area contributed by atoms with E-state index in [0.29, 0.717) is 18.5 Å². The third kappa shape index (κ3) is 3.10. The van der Waals surface area contributed by atoms with Gasteiger partial charge in [0, 0.05) is 18.8 Å². The molecule has 1 aromatic rings. The second-order valence-electron chi connectivity index (χ2n) is 4.48. The molecule has 1 saturated carbocycles. The summed E-state index contributed by atoms with van der Waals surface area (Å²) in [5.41, 5.74) is 6.00. The monoisotopic (exact) mass is 251 g/mol. The van der Waals surface area contributed by atoms with Gasteiger partial charge in [-0.1, -0.05) is 0 Å². The Balaban J connectivity index is 1.86. The molecule has 1 aliphatic carbocycles. The maximum Gasteiger partial charge on any atom is 0.337 e. The van der Waals surface area contributed by atoms with E-state index in [1.54, 1.807) is 0 Å². The zero-order chi connectivity index (χ0) is 13.1. The molecular formula is C12H17N3O3. The molecule has 0 saturated heterocycles. The van der Waals surface area contributed by atoms with E-state index in [1.807, 2.05) is 0 Å². The Kier molecular flexibility index (Phi) is 3.66. The average Bonchev–Trinajstić information content (AvgIpc) is 3.14. The van der Waals surface area contributed by atoms with Gasteiger partial charge in [-0.05, 0) is 26.0 Å². The second-order valence-corrected chi connectivity index (χ2v) is 4.48. The summed E-state index contributed by atoms with van der Waals surface area (Å²) < 4.78 is 5.45. The number of hydrogen-bond donors (Lipinski definition) is 2. The van der Waals surface area contributed by atoms with Crippen molar-refractivity contribution >= 4 is 11.7 Å². The van der Waals surface area contributed by atoms with Gasteiger partial charge in [0.15, 0.2) is 0 Å². The number of aromatic carboxylic acids is 1. The average molecular weight is 251 g/mol. The summed E-state index contributed by atoms with van der Waals surface area (Å²) >= 11 is 0. The maximum atomic E-state index is 10.7. The Labute approximate surface area is 105 Å². The molecule has 98 valence electrons. The molecule has 0 bridgehead atoms. The normalized spacial score (nSPS) is 14.8. The number of nitrogens with two attached hydrogens (primary N) is 1. The number of anilines is 1. The van der Waals surface area contributed by atoms with E-state index >= 15 is 0 Å². The summed E-state index contributed by atoms with van der Waals surface area (Å²) in [7, 11) is 2.06. The zero-order valence-corrected chi connectivity index (χ0v) is 10.3. The summed E-state index contributed by atoms with van der Waals surface area (Å²) in [6.45, 7) is 1.31. The number of nitrogens with zero attached hydrogens (tertiary/aromatic N) is 2. The summed E-state index contributed by atoms with van der Waals surface area (Å²) in [6.07, 6.45) is 3.76. The molecule has 0 aliphatic heterocycles. The first kappa shape index (κ1) is 12.6. The smallest absolute Gasteiger partial charge is 0.337 e. The fourth-order valence-corrected chi connectivity index (χ4v) is 1.69. The third-order valence-electron chi connectivity index (χ3n) is 2.98. The van der Waals surface area contributed by atoms with Crippen molar-refractivity contribution in [2.75, 3.05) is 25.9 Å². The van der Waals surface area contributed by atoms with Crippen molar-refractivity contribution in [3.05, 3.63) is 17.8 Å². The van der Waals surface area contributed by atoms with Gasteiger partial charge in [-0.25, -0.2) is 9.78 Å². The van der Waals surface area contributed by atoms with Gasteiger partial charge in [-0.15, -0.1) is 0 Å². The van der Waals surface area contributed by atoms with E-state index in [4.69, 9.17) is 15.6 Å². The van der Waals surface area contributed by atoms with Crippen LogP contribution in [0.1, 0.15) is 23.2 Å². The highest BCUT2D eigenvalue weighted by molar-refractivity contribution is 5.88. The molecule has 0 amide bonds. The van der Waals surface area contributed by atoms with Crippen LogP contribution in [0.2, 0.25) is 0 Å². The lowest BCUT2D eigenvalue weighted by molar-refractivity contribution is 0.0696. The van der Waals surface area contributed by atoms with Crippen molar-refractivity contribution in [2.45, 2.75) is 18.9 Å². The first-order valence-electron chi connectivity index (χ1n) is 5.90. The lowest BCUT2D eigenvalue weighted by Gasteiger charge is -2.16. The molecule has 0 radical (unpaired) electrons. The van der Waals surface area contributed by atoms with Crippen LogP contribution in [-0.2, 0) is 0 Å². The molecule has 18 heavy (non-hydrogen) atoms. The van der Waals surface area contributed by atoms with Gasteiger partial charge in [0.2, 0.25) is 5.88 Å². The molecule has 3 N–H and O–H groups in total. The number of likely N-dealkylation sites (N-methyl/N-ethyl adjacent to an activating group) is 1. The number of nitrogen functional groups attached to an aromatic ring is 1. The standard InChI is InChI=1S/C12H17N3O3/c1-15(9-2-3-9)4-5-18-11-10(13)6-8(7-14-11)12(16)17/h6-7,9H,2-5,13H2,1H3,(H,16,17). The maximum absolute atomic E-state index is 10.7. The summed E-state index contributed by atoms with van der Waals surface area (Å²) in [5.74, 6) is -0.751. The van der Waals surface area contributed by atoms with Crippen LogP contribution >= 0.6 is 0 Å². The minimum absolute atomic E-state index is 0.0648. The molecule has 1 aliphatic rings. The minimum atomic E-state index is -1.05. The van der Waals surface area contributed by atoms with E-state index in [-0.39, 0.29) is 11.3 Å². The van der Waals surface area contributed by atoms with Crippen LogP contribution in [0.15, 0.2) is 12.3 Å². The molecule has 0 spiro atoms. The number of carboxylic acids is 1. The first-order valence-corrected chi connectivity index (χ1v) is 5.90. The lowest BCUT2D eigenvalue weighted by Crippen LogP contribution is -2.26. The fourth-order valence-electron chi connectivity index (χ4n) is 1.69. The van der Waals surface area contributed by atoms with E-state index in [2.05, 4.69) is 16.9 Å². The molecule has 0 aromatic carbocycles. The summed E-state index contributed by atoms with van der Waals surface area (Å²) in [5, 5.41) is 8.77. The van der Waals surface area contributed by atoms with Crippen molar-refractivity contribution in [1.29, 1.82) is 0 Å².